The first-order chi connectivity index (χ1) is 36.1. The first kappa shape index (κ1) is 57.1. The van der Waals surface area contributed by atoms with Crippen LogP contribution in [-0.4, -0.2) is 70.2 Å². The molecule has 0 fully saturated rings. The zero-order valence-electron chi connectivity index (χ0n) is 44.8. The van der Waals surface area contributed by atoms with E-state index in [2.05, 4.69) is 130 Å². The molecule has 394 valence electrons. The monoisotopic (exact) mass is 1190 g/mol. The smallest absolute Gasteiger partial charge is 0.219 e. The minimum Gasteiger partial charge on any atom is -0.356 e. The molecule has 0 aliphatic rings. The number of hydrogen-bond acceptors (Lipinski definition) is 8. The van der Waals surface area contributed by atoms with Gasteiger partial charge in [0.25, 0.3) is 0 Å². The van der Waals surface area contributed by atoms with Crippen molar-refractivity contribution in [1.29, 1.82) is 0 Å². The van der Waals surface area contributed by atoms with Crippen molar-refractivity contribution in [2.24, 2.45) is 28.2 Å². The third-order valence-electron chi connectivity index (χ3n) is 13.6. The predicted octanol–water partition coefficient (Wildman–Crippen LogP) is 10.6. The standard InChI is InChI=1S/C43H54N6O.2C8H10N4.Os/c1-4-36(38-15-7-5-8-16-38)33-40(39-19-24-44-25-20-39)32-34(2)37-21-29-48(30-22-37)27-11-6-9-18-42(50)45-23-10-12-28-49-31-26-46-43(49)41-17-13-14-35(3)47-41;2*1-11-5-3-9-7(11)8-10-4-6-12(8)2;/h5,7-8,13-17,19-22,24-26,29-31,34,36,40H,4,6,9-12,18,23,27-28,32-33H2,1-3H3;2*3-6H,1-2H3;/p+1. The summed E-state index contributed by atoms with van der Waals surface area (Å²) in [6, 6.07) is 26.0. The number of hydrogen-bond donors (Lipinski definition) is 1. The minimum atomic E-state index is 0. The van der Waals surface area contributed by atoms with Gasteiger partial charge in [0.2, 0.25) is 5.91 Å². The molecule has 0 saturated carbocycles. The molecule has 0 aliphatic carbocycles. The fraction of sp³-hybridized carbons (Fsp3) is 0.373. The maximum atomic E-state index is 12.4. The minimum absolute atomic E-state index is 0. The molecule has 75 heavy (non-hydrogen) atoms. The molecule has 0 saturated heterocycles. The Hall–Kier alpha value is -7.17. The van der Waals surface area contributed by atoms with E-state index in [1.54, 1.807) is 24.8 Å². The van der Waals surface area contributed by atoms with Crippen LogP contribution in [0.2, 0.25) is 0 Å². The average Bonchev–Trinajstić information content (AvgIpc) is 4.30. The fourth-order valence-corrected chi connectivity index (χ4v) is 9.32. The van der Waals surface area contributed by atoms with E-state index in [4.69, 9.17) is 0 Å². The van der Waals surface area contributed by atoms with Crippen LogP contribution in [0.4, 0.5) is 0 Å². The summed E-state index contributed by atoms with van der Waals surface area (Å²) in [6.45, 7) is 9.21. The normalized spacial score (nSPS) is 12.1. The number of imidazole rings is 5. The Morgan fingerprint density at radius 2 is 1.13 bits per heavy atom. The van der Waals surface area contributed by atoms with E-state index in [1.165, 1.54) is 16.7 Å². The van der Waals surface area contributed by atoms with Crippen molar-refractivity contribution in [3.63, 3.8) is 0 Å². The van der Waals surface area contributed by atoms with E-state index in [1.807, 2.05) is 121 Å². The number of nitrogens with one attached hydrogen (secondary N) is 1. The Morgan fingerprint density at radius 1 is 0.573 bits per heavy atom. The summed E-state index contributed by atoms with van der Waals surface area (Å²) >= 11 is 0. The second-order valence-corrected chi connectivity index (χ2v) is 19.2. The molecule has 9 aromatic rings. The maximum Gasteiger partial charge on any atom is 0.219 e. The van der Waals surface area contributed by atoms with Gasteiger partial charge in [0.1, 0.15) is 12.2 Å². The maximum absolute atomic E-state index is 12.4. The van der Waals surface area contributed by atoms with Gasteiger partial charge >= 0.3 is 0 Å². The van der Waals surface area contributed by atoms with Crippen LogP contribution in [0, 0.1) is 6.92 Å². The van der Waals surface area contributed by atoms with E-state index in [9.17, 15) is 4.79 Å². The van der Waals surface area contributed by atoms with E-state index in [0.29, 0.717) is 30.7 Å². The number of nitrogens with zero attached hydrogens (tertiary/aromatic N) is 13. The van der Waals surface area contributed by atoms with Crippen LogP contribution < -0.4 is 9.88 Å². The summed E-state index contributed by atoms with van der Waals surface area (Å²) < 4.78 is 12.2. The summed E-state index contributed by atoms with van der Waals surface area (Å²) in [5, 5.41) is 3.10. The number of unbranched alkanes of at least 4 members (excludes halogenated alkanes) is 3. The van der Waals surface area contributed by atoms with E-state index in [-0.39, 0.29) is 25.7 Å². The number of amides is 1. The summed E-state index contributed by atoms with van der Waals surface area (Å²) in [5.41, 5.74) is 6.09. The molecule has 8 aromatic heterocycles. The molecule has 1 N–H and O–H groups in total. The summed E-state index contributed by atoms with van der Waals surface area (Å²) in [5.74, 6) is 6.08. The first-order valence-corrected chi connectivity index (χ1v) is 26.1. The van der Waals surface area contributed by atoms with Crippen molar-refractivity contribution in [3.05, 3.63) is 182 Å². The van der Waals surface area contributed by atoms with Crippen LogP contribution in [0.5, 0.6) is 0 Å². The van der Waals surface area contributed by atoms with Crippen molar-refractivity contribution < 1.29 is 29.2 Å². The Balaban J connectivity index is 0.000000294. The van der Waals surface area contributed by atoms with Gasteiger partial charge in [-0.15, -0.1) is 0 Å². The van der Waals surface area contributed by atoms with Gasteiger partial charge in [-0.1, -0.05) is 50.2 Å². The number of aryl methyl sites for hydroxylation is 7. The van der Waals surface area contributed by atoms with Crippen LogP contribution in [0.3, 0.4) is 0 Å². The van der Waals surface area contributed by atoms with Crippen molar-refractivity contribution >= 4 is 5.91 Å². The van der Waals surface area contributed by atoms with E-state index >= 15 is 0 Å². The van der Waals surface area contributed by atoms with Gasteiger partial charge in [-0.2, -0.15) is 0 Å². The van der Waals surface area contributed by atoms with Crippen LogP contribution in [0.15, 0.2) is 160 Å². The first-order valence-electron chi connectivity index (χ1n) is 26.1. The second kappa shape index (κ2) is 29.6. The Labute approximate surface area is 456 Å². The van der Waals surface area contributed by atoms with Crippen LogP contribution in [0.1, 0.15) is 112 Å². The number of aromatic nitrogens is 13. The van der Waals surface area contributed by atoms with Crippen LogP contribution in [-0.2, 0) is 65.9 Å². The molecule has 9 rings (SSSR count). The zero-order valence-corrected chi connectivity index (χ0v) is 47.3. The van der Waals surface area contributed by atoms with Gasteiger partial charge < -0.3 is 28.2 Å². The topological polar surface area (TPSA) is 148 Å². The van der Waals surface area contributed by atoms with E-state index in [0.717, 1.165) is 105 Å². The number of rotatable bonds is 22. The molecule has 1 amide bonds. The molecule has 0 radical (unpaired) electrons. The van der Waals surface area contributed by atoms with Crippen molar-refractivity contribution in [2.75, 3.05) is 6.54 Å². The number of benzene rings is 1. The SMILES string of the molecule is CCC(CC(CC(C)c1cc[n+](CCCCCC(=O)NCCCCn2ccnc2-c2cccc(C)n2)cc1)c1ccncc1)c1ccccc1.Cn1ccnc1-c1nccn1C.Cn1ccnc1-c1nccn1C.[Os]. The van der Waals surface area contributed by atoms with Crippen LogP contribution >= 0.6 is 0 Å². The number of carbonyl (C=O) groups excluding carboxylic acids is 1. The number of pyridine rings is 3. The largest absolute Gasteiger partial charge is 0.356 e. The van der Waals surface area contributed by atoms with Crippen molar-refractivity contribution in [1.82, 2.24) is 63.0 Å². The van der Waals surface area contributed by atoms with Gasteiger partial charge in [-0.05, 0) is 111 Å². The molecular weight excluding hydrogens is 1110 g/mol. The van der Waals surface area contributed by atoms with Crippen molar-refractivity contribution in [3.8, 4) is 34.8 Å². The third-order valence-corrected chi connectivity index (χ3v) is 13.6. The Bertz CT molecular complexity index is 2870. The average molecular weight is 1190 g/mol. The Morgan fingerprint density at radius 3 is 1.68 bits per heavy atom. The van der Waals surface area contributed by atoms with Gasteiger partial charge in [0.15, 0.2) is 41.5 Å². The molecule has 8 heterocycles. The third kappa shape index (κ3) is 16.9. The van der Waals surface area contributed by atoms with Gasteiger partial charge in [-0.3, -0.25) is 9.78 Å². The molecule has 16 heteroatoms. The fourth-order valence-electron chi connectivity index (χ4n) is 9.32. The molecule has 3 atom stereocenters. The van der Waals surface area contributed by atoms with Crippen molar-refractivity contribution in [2.45, 2.75) is 109 Å². The molecule has 0 aliphatic heterocycles. The number of carbonyl (C=O) groups is 1. The van der Waals surface area contributed by atoms with Gasteiger partial charge in [-0.25, -0.2) is 34.5 Å². The van der Waals surface area contributed by atoms with Crippen LogP contribution in [0.25, 0.3) is 34.8 Å². The molecule has 1 aromatic carbocycles. The molecular formula is C59H75N14OOs+. The summed E-state index contributed by atoms with van der Waals surface area (Å²) in [4.78, 5) is 42.6. The second-order valence-electron chi connectivity index (χ2n) is 19.2. The van der Waals surface area contributed by atoms with Gasteiger partial charge in [0, 0.05) is 166 Å². The molecule has 0 bridgehead atoms. The molecule has 3 unspecified atom stereocenters. The van der Waals surface area contributed by atoms with Gasteiger partial charge in [0.05, 0.1) is 0 Å². The quantitative estimate of drug-likeness (QED) is 0.0521. The zero-order chi connectivity index (χ0) is 52.1. The predicted molar refractivity (Wildman–Crippen MR) is 292 cm³/mol. The Kier molecular flexibility index (Phi) is 22.6. The summed E-state index contributed by atoms with van der Waals surface area (Å²) in [6.07, 6.45) is 35.8. The van der Waals surface area contributed by atoms with E-state index < -0.39 is 0 Å². The summed E-state index contributed by atoms with van der Waals surface area (Å²) in [7, 11) is 7.82. The molecule has 15 nitrogen and oxygen atoms in total. The molecule has 0 spiro atoms.